The summed E-state index contributed by atoms with van der Waals surface area (Å²) in [5, 5.41) is 14.1. The molecule has 0 saturated heterocycles. The van der Waals surface area contributed by atoms with Crippen molar-refractivity contribution in [3.05, 3.63) is 0 Å². The third kappa shape index (κ3) is 3.35. The number of hydrogen-bond donors (Lipinski definition) is 4. The Hall–Kier alpha value is -1.79. The summed E-state index contributed by atoms with van der Waals surface area (Å²) in [5.74, 6) is -1.56. The standard InChI is InChI=1S/C11H19N3O4/c1-10(2,6-7(12)15)13-9(18)14-11(8(16)17)4-3-5-11/h3-6H2,1-2H3,(H2,12,15)(H,16,17)(H2,13,14,18). The Labute approximate surface area is 105 Å². The zero-order valence-corrected chi connectivity index (χ0v) is 10.6. The van der Waals surface area contributed by atoms with E-state index in [1.807, 2.05) is 0 Å². The average molecular weight is 257 g/mol. The molecule has 0 atom stereocenters. The van der Waals surface area contributed by atoms with Gasteiger partial charge in [0.2, 0.25) is 5.91 Å². The topological polar surface area (TPSA) is 122 Å². The maximum Gasteiger partial charge on any atom is 0.329 e. The van der Waals surface area contributed by atoms with Gasteiger partial charge >= 0.3 is 12.0 Å². The van der Waals surface area contributed by atoms with E-state index in [-0.39, 0.29) is 6.42 Å². The average Bonchev–Trinajstić information content (AvgIpc) is 2.06. The van der Waals surface area contributed by atoms with E-state index in [1.165, 1.54) is 0 Å². The second-order valence-corrected chi connectivity index (χ2v) is 5.35. The number of hydrogen-bond acceptors (Lipinski definition) is 3. The summed E-state index contributed by atoms with van der Waals surface area (Å²) in [6, 6.07) is -0.594. The van der Waals surface area contributed by atoms with Crippen LogP contribution in [0.5, 0.6) is 0 Å². The Morgan fingerprint density at radius 3 is 2.22 bits per heavy atom. The highest BCUT2D eigenvalue weighted by Crippen LogP contribution is 2.31. The fraction of sp³-hybridized carbons (Fsp3) is 0.727. The zero-order chi connectivity index (χ0) is 14.0. The van der Waals surface area contributed by atoms with Crippen molar-refractivity contribution in [2.45, 2.75) is 50.6 Å². The van der Waals surface area contributed by atoms with E-state index >= 15 is 0 Å². The smallest absolute Gasteiger partial charge is 0.329 e. The molecule has 0 unspecified atom stereocenters. The van der Waals surface area contributed by atoms with Crippen LogP contribution in [0, 0.1) is 0 Å². The van der Waals surface area contributed by atoms with E-state index < -0.39 is 29.0 Å². The van der Waals surface area contributed by atoms with Crippen LogP contribution in [0.4, 0.5) is 4.79 Å². The van der Waals surface area contributed by atoms with Gasteiger partial charge in [0.05, 0.1) is 0 Å². The third-order valence-corrected chi connectivity index (χ3v) is 3.04. The molecule has 3 amide bonds. The molecule has 0 heterocycles. The van der Waals surface area contributed by atoms with Crippen LogP contribution in [-0.2, 0) is 9.59 Å². The SMILES string of the molecule is CC(C)(CC(N)=O)NC(=O)NC1(C(=O)O)CCC1. The van der Waals surface area contributed by atoms with Gasteiger partial charge in [0.1, 0.15) is 5.54 Å². The molecule has 0 radical (unpaired) electrons. The van der Waals surface area contributed by atoms with Crippen molar-refractivity contribution in [2.75, 3.05) is 0 Å². The molecular formula is C11H19N3O4. The van der Waals surface area contributed by atoms with Gasteiger partial charge in [-0.1, -0.05) is 0 Å². The van der Waals surface area contributed by atoms with E-state index in [1.54, 1.807) is 13.8 Å². The number of carboxylic acid groups (broad SMARTS) is 1. The second kappa shape index (κ2) is 4.83. The Kier molecular flexibility index (Phi) is 3.83. The molecule has 18 heavy (non-hydrogen) atoms. The Bertz CT molecular complexity index is 374. The summed E-state index contributed by atoms with van der Waals surface area (Å²) in [6.45, 7) is 3.29. The molecule has 0 aromatic carbocycles. The van der Waals surface area contributed by atoms with Crippen molar-refractivity contribution in [1.82, 2.24) is 10.6 Å². The molecule has 0 bridgehead atoms. The first-order valence-electron chi connectivity index (χ1n) is 5.79. The first kappa shape index (κ1) is 14.3. The molecule has 1 fully saturated rings. The van der Waals surface area contributed by atoms with E-state index in [0.717, 1.165) is 6.42 Å². The van der Waals surface area contributed by atoms with Gasteiger partial charge in [0.15, 0.2) is 0 Å². The predicted molar refractivity (Wildman–Crippen MR) is 63.8 cm³/mol. The maximum atomic E-state index is 11.7. The number of aliphatic carboxylic acids is 1. The normalized spacial score (nSPS) is 17.4. The van der Waals surface area contributed by atoms with Gasteiger partial charge in [-0.2, -0.15) is 0 Å². The van der Waals surface area contributed by atoms with E-state index in [2.05, 4.69) is 10.6 Å². The maximum absolute atomic E-state index is 11.7. The van der Waals surface area contributed by atoms with Crippen molar-refractivity contribution in [3.63, 3.8) is 0 Å². The molecule has 5 N–H and O–H groups in total. The minimum Gasteiger partial charge on any atom is -0.480 e. The van der Waals surface area contributed by atoms with Crippen molar-refractivity contribution in [3.8, 4) is 0 Å². The molecule has 0 aromatic heterocycles. The first-order valence-corrected chi connectivity index (χ1v) is 5.79. The number of rotatable bonds is 5. The number of carbonyl (C=O) groups is 3. The highest BCUT2D eigenvalue weighted by atomic mass is 16.4. The lowest BCUT2D eigenvalue weighted by Gasteiger charge is -2.39. The van der Waals surface area contributed by atoms with E-state index in [4.69, 9.17) is 10.8 Å². The van der Waals surface area contributed by atoms with Gasteiger partial charge in [-0.15, -0.1) is 0 Å². The van der Waals surface area contributed by atoms with E-state index in [0.29, 0.717) is 12.8 Å². The molecule has 0 aliphatic heterocycles. The largest absolute Gasteiger partial charge is 0.480 e. The highest BCUT2D eigenvalue weighted by molar-refractivity contribution is 5.87. The number of primary amides is 1. The summed E-state index contributed by atoms with van der Waals surface area (Å²) in [5.41, 5.74) is 3.10. The van der Waals surface area contributed by atoms with Crippen LogP contribution >= 0.6 is 0 Å². The molecule has 7 heteroatoms. The highest BCUT2D eigenvalue weighted by Gasteiger charge is 2.46. The quantitative estimate of drug-likeness (QED) is 0.551. The van der Waals surface area contributed by atoms with Gasteiger partial charge < -0.3 is 21.5 Å². The van der Waals surface area contributed by atoms with Crippen molar-refractivity contribution in [2.24, 2.45) is 5.73 Å². The Morgan fingerprint density at radius 2 is 1.89 bits per heavy atom. The number of nitrogens with two attached hydrogens (primary N) is 1. The minimum absolute atomic E-state index is 0.0134. The monoisotopic (exact) mass is 257 g/mol. The van der Waals surface area contributed by atoms with Crippen molar-refractivity contribution in [1.29, 1.82) is 0 Å². The van der Waals surface area contributed by atoms with E-state index in [9.17, 15) is 14.4 Å². The molecule has 102 valence electrons. The predicted octanol–water partition coefficient (Wildman–Crippen LogP) is -0.0531. The van der Waals surface area contributed by atoms with Gasteiger partial charge in [-0.25, -0.2) is 9.59 Å². The molecule has 1 rings (SSSR count). The van der Waals surface area contributed by atoms with Crippen molar-refractivity contribution >= 4 is 17.9 Å². The number of amides is 3. The Balaban J connectivity index is 2.56. The van der Waals surface area contributed by atoms with Crippen LogP contribution in [0.1, 0.15) is 39.5 Å². The fourth-order valence-electron chi connectivity index (χ4n) is 1.96. The molecule has 0 aromatic rings. The summed E-state index contributed by atoms with van der Waals surface area (Å²) in [4.78, 5) is 33.6. The lowest BCUT2D eigenvalue weighted by atomic mass is 9.77. The molecular weight excluding hydrogens is 238 g/mol. The van der Waals surface area contributed by atoms with Crippen LogP contribution in [0.15, 0.2) is 0 Å². The second-order valence-electron chi connectivity index (χ2n) is 5.35. The summed E-state index contributed by atoms with van der Waals surface area (Å²) >= 11 is 0. The number of nitrogens with one attached hydrogen (secondary N) is 2. The van der Waals surface area contributed by atoms with Crippen LogP contribution in [0.3, 0.4) is 0 Å². The van der Waals surface area contributed by atoms with Crippen LogP contribution < -0.4 is 16.4 Å². The minimum atomic E-state index is -1.16. The summed E-state index contributed by atoms with van der Waals surface area (Å²) in [6.07, 6.45) is 1.61. The molecule has 0 spiro atoms. The van der Waals surface area contributed by atoms with Gasteiger partial charge in [-0.05, 0) is 33.1 Å². The molecule has 1 saturated carbocycles. The van der Waals surface area contributed by atoms with Gasteiger partial charge in [0, 0.05) is 12.0 Å². The Morgan fingerprint density at radius 1 is 1.33 bits per heavy atom. The molecule has 1 aliphatic rings. The van der Waals surface area contributed by atoms with Crippen LogP contribution in [-0.4, -0.2) is 34.1 Å². The fourth-order valence-corrected chi connectivity index (χ4v) is 1.96. The van der Waals surface area contributed by atoms with Crippen LogP contribution in [0.2, 0.25) is 0 Å². The summed E-state index contributed by atoms with van der Waals surface area (Å²) < 4.78 is 0. The van der Waals surface area contributed by atoms with Crippen LogP contribution in [0.25, 0.3) is 0 Å². The first-order chi connectivity index (χ1) is 8.17. The van der Waals surface area contributed by atoms with Crippen molar-refractivity contribution < 1.29 is 19.5 Å². The molecule has 1 aliphatic carbocycles. The number of carbonyl (C=O) groups excluding carboxylic acids is 2. The number of urea groups is 1. The molecule has 7 nitrogen and oxygen atoms in total. The lowest BCUT2D eigenvalue weighted by Crippen LogP contribution is -2.63. The third-order valence-electron chi connectivity index (χ3n) is 3.04. The number of carboxylic acids is 1. The van der Waals surface area contributed by atoms with Gasteiger partial charge in [-0.3, -0.25) is 4.79 Å². The summed E-state index contributed by atoms with van der Waals surface area (Å²) in [7, 11) is 0. The zero-order valence-electron chi connectivity index (χ0n) is 10.6. The van der Waals surface area contributed by atoms with Gasteiger partial charge in [0.25, 0.3) is 0 Å². The lowest BCUT2D eigenvalue weighted by molar-refractivity contribution is -0.148.